The van der Waals surface area contributed by atoms with Crippen LogP contribution >= 0.6 is 0 Å². The number of nitrogens with zero attached hydrogens (tertiary/aromatic N) is 3. The van der Waals surface area contributed by atoms with Crippen molar-refractivity contribution >= 4 is 11.6 Å². The zero-order chi connectivity index (χ0) is 12.3. The van der Waals surface area contributed by atoms with Gasteiger partial charge in [0, 0.05) is 6.07 Å². The van der Waals surface area contributed by atoms with Gasteiger partial charge < -0.3 is 0 Å². The zero-order valence-corrected chi connectivity index (χ0v) is 11.8. The molecule has 0 spiro atoms. The topological polar surface area (TPSA) is 71.4 Å². The summed E-state index contributed by atoms with van der Waals surface area (Å²) in [4.78, 5) is 0. The van der Waals surface area contributed by atoms with Crippen LogP contribution in [0.2, 0.25) is 0 Å². The van der Waals surface area contributed by atoms with Crippen LogP contribution in [0.1, 0.15) is 0 Å². The maximum Gasteiger partial charge on any atom is 1.00 e. The molecule has 17 heavy (non-hydrogen) atoms. The number of rotatable bonds is 1. The molecule has 0 atom stereocenters. The average Bonchev–Trinajstić information content (AvgIpc) is 2.28. The Morgan fingerprint density at radius 1 is 0.941 bits per heavy atom. The first-order valence-corrected chi connectivity index (χ1v) is 4.05. The van der Waals surface area contributed by atoms with E-state index in [4.69, 9.17) is 15.8 Å². The molecule has 0 heterocycles. The molecular weight excluding hydrogens is 257 g/mol. The third-order valence-corrected chi connectivity index (χ3v) is 2.07. The summed E-state index contributed by atoms with van der Waals surface area (Å²) in [7, 11) is 0. The van der Waals surface area contributed by atoms with Crippen molar-refractivity contribution in [1.29, 1.82) is 15.8 Å². The fraction of sp³-hybridized carbons (Fsp3) is 0. The van der Waals surface area contributed by atoms with E-state index in [1.165, 1.54) is 17.9 Å². The van der Waals surface area contributed by atoms with Crippen molar-refractivity contribution in [2.75, 3.05) is 0 Å². The Morgan fingerprint density at radius 3 is 1.82 bits per heavy atom. The van der Waals surface area contributed by atoms with E-state index in [2.05, 4.69) is 0 Å². The number of hydrogen-bond acceptors (Lipinski definition) is 3. The molecule has 0 bridgehead atoms. The molecule has 1 rings (SSSR count). The van der Waals surface area contributed by atoms with Crippen molar-refractivity contribution in [1.82, 2.24) is 0 Å². The Hall–Kier alpha value is -0.819. The maximum absolute atomic E-state index is 13.3. The van der Waals surface area contributed by atoms with Crippen molar-refractivity contribution in [2.45, 2.75) is 0 Å². The monoisotopic (exact) mass is 259 g/mol. The SMILES string of the molecule is N#C[B-](C#N)(C#N)c1cc(F)cc(F)c1F.[K+]. The number of nitriles is 3. The van der Waals surface area contributed by atoms with Crippen LogP contribution in [0, 0.1) is 51.1 Å². The second-order valence-electron chi connectivity index (χ2n) is 3.04. The van der Waals surface area contributed by atoms with E-state index in [-0.39, 0.29) is 57.5 Å². The molecular formula is C9H2BF3KN3. The van der Waals surface area contributed by atoms with Gasteiger partial charge >= 0.3 is 57.5 Å². The smallest absolute Gasteiger partial charge is 0.246 e. The number of hydrogen-bond donors (Lipinski definition) is 0. The molecule has 0 aromatic heterocycles. The van der Waals surface area contributed by atoms with Crippen molar-refractivity contribution in [3.05, 3.63) is 29.6 Å². The van der Waals surface area contributed by atoms with Crippen LogP contribution < -0.4 is 56.8 Å². The Bertz CT molecular complexity index is 535. The quantitative estimate of drug-likeness (QED) is 0.430. The molecule has 8 heteroatoms. The molecule has 0 radical (unpaired) electrons. The predicted molar refractivity (Wildman–Crippen MR) is 48.5 cm³/mol. The fourth-order valence-corrected chi connectivity index (χ4v) is 1.19. The first kappa shape index (κ1) is 16.2. The van der Waals surface area contributed by atoms with Crippen molar-refractivity contribution in [3.8, 4) is 17.9 Å². The van der Waals surface area contributed by atoms with Gasteiger partial charge in [0.25, 0.3) is 0 Å². The minimum absolute atomic E-state index is 0. The molecule has 1 aromatic rings. The minimum Gasteiger partial charge on any atom is -0.246 e. The summed E-state index contributed by atoms with van der Waals surface area (Å²) in [5.74, 6) is -0.361. The molecule has 3 nitrogen and oxygen atoms in total. The molecule has 0 amide bonds. The van der Waals surface area contributed by atoms with Crippen LogP contribution in [0.4, 0.5) is 13.2 Å². The van der Waals surface area contributed by atoms with Crippen molar-refractivity contribution < 1.29 is 64.6 Å². The normalized spacial score (nSPS) is 9.41. The van der Waals surface area contributed by atoms with Crippen LogP contribution in [0.25, 0.3) is 0 Å². The first-order valence-electron chi connectivity index (χ1n) is 4.05. The van der Waals surface area contributed by atoms with Crippen LogP contribution in [0.15, 0.2) is 12.1 Å². The van der Waals surface area contributed by atoms with Gasteiger partial charge in [-0.25, -0.2) is 29.0 Å². The second-order valence-corrected chi connectivity index (χ2v) is 3.04. The average molecular weight is 259 g/mol. The summed E-state index contributed by atoms with van der Waals surface area (Å²) < 4.78 is 38.9. The number of halogens is 3. The van der Waals surface area contributed by atoms with E-state index >= 15 is 0 Å². The fourth-order valence-electron chi connectivity index (χ4n) is 1.19. The van der Waals surface area contributed by atoms with Gasteiger partial charge in [0.2, 0.25) is 0 Å². The summed E-state index contributed by atoms with van der Waals surface area (Å²) in [6.07, 6.45) is -3.26. The van der Waals surface area contributed by atoms with E-state index in [9.17, 15) is 13.2 Å². The summed E-state index contributed by atoms with van der Waals surface area (Å²) >= 11 is 0. The third-order valence-electron chi connectivity index (χ3n) is 2.07. The summed E-state index contributed by atoms with van der Waals surface area (Å²) in [5.41, 5.74) is -0.856. The zero-order valence-electron chi connectivity index (χ0n) is 8.71. The summed E-state index contributed by atoms with van der Waals surface area (Å²) in [6.45, 7) is 0. The van der Waals surface area contributed by atoms with Gasteiger partial charge in [0.15, 0.2) is 5.82 Å². The summed E-state index contributed by atoms with van der Waals surface area (Å²) in [6, 6.07) is 0.750. The van der Waals surface area contributed by atoms with Crippen LogP contribution in [0.5, 0.6) is 0 Å². The van der Waals surface area contributed by atoms with Gasteiger partial charge in [-0.3, -0.25) is 0 Å². The molecule has 0 N–H and O–H groups in total. The second kappa shape index (κ2) is 6.21. The molecule has 0 saturated carbocycles. The first-order chi connectivity index (χ1) is 7.50. The Labute approximate surface area is 138 Å². The molecule has 0 fully saturated rings. The standard InChI is InChI=1S/C9H2BF3N3.K/c11-6-1-7(9(13)8(12)2-6)10(3-14,4-15)5-16;/h1-2H;/q-1;+1. The van der Waals surface area contributed by atoms with Gasteiger partial charge in [-0.05, 0) is 0 Å². The van der Waals surface area contributed by atoms with E-state index in [0.717, 1.165) is 0 Å². The van der Waals surface area contributed by atoms with Gasteiger partial charge in [-0.2, -0.15) is 0 Å². The maximum atomic E-state index is 13.3. The van der Waals surface area contributed by atoms with Crippen LogP contribution in [0.3, 0.4) is 0 Å². The van der Waals surface area contributed by atoms with Gasteiger partial charge in [0.1, 0.15) is 11.6 Å². The molecule has 0 aliphatic heterocycles. The van der Waals surface area contributed by atoms with Crippen molar-refractivity contribution in [2.24, 2.45) is 0 Å². The molecule has 0 aliphatic rings. The van der Waals surface area contributed by atoms with E-state index < -0.39 is 29.1 Å². The van der Waals surface area contributed by atoms with Gasteiger partial charge in [-0.15, -0.1) is 23.4 Å². The predicted octanol–water partition coefficient (Wildman–Crippen LogP) is -2.05. The van der Waals surface area contributed by atoms with Gasteiger partial charge in [0.05, 0.1) is 0 Å². The third kappa shape index (κ3) is 2.90. The van der Waals surface area contributed by atoms with Crippen molar-refractivity contribution in [3.63, 3.8) is 0 Å². The summed E-state index contributed by atoms with van der Waals surface area (Å²) in [5, 5.41) is 26.0. The molecule has 0 unspecified atom stereocenters. The Kier molecular flexibility index (Phi) is 5.91. The molecule has 1 aromatic carbocycles. The Balaban J connectivity index is 0.00000256. The largest absolute Gasteiger partial charge is 1.00 e. The van der Waals surface area contributed by atoms with E-state index in [1.807, 2.05) is 0 Å². The van der Waals surface area contributed by atoms with E-state index in [1.54, 1.807) is 0 Å². The molecule has 0 aliphatic carbocycles. The molecule has 0 saturated heterocycles. The molecule has 78 valence electrons. The Morgan fingerprint density at radius 2 is 1.41 bits per heavy atom. The van der Waals surface area contributed by atoms with Crippen LogP contribution in [-0.2, 0) is 0 Å². The van der Waals surface area contributed by atoms with Crippen LogP contribution in [-0.4, -0.2) is 6.15 Å². The number of benzene rings is 1. The van der Waals surface area contributed by atoms with E-state index in [0.29, 0.717) is 6.07 Å². The minimum atomic E-state index is -3.26. The van der Waals surface area contributed by atoms with Gasteiger partial charge in [-0.1, -0.05) is 6.07 Å².